The van der Waals surface area contributed by atoms with Crippen molar-refractivity contribution in [3.8, 4) is 0 Å². The number of rotatable bonds is 6. The van der Waals surface area contributed by atoms with Crippen LogP contribution in [-0.4, -0.2) is 47.5 Å². The molecule has 37 heavy (non-hydrogen) atoms. The van der Waals surface area contributed by atoms with E-state index in [-0.39, 0.29) is 29.2 Å². The van der Waals surface area contributed by atoms with Gasteiger partial charge in [-0.2, -0.15) is 0 Å². The highest BCUT2D eigenvalue weighted by atomic mass is 16.6. The van der Waals surface area contributed by atoms with Gasteiger partial charge in [-0.3, -0.25) is 9.59 Å². The minimum atomic E-state index is -0.565. The van der Waals surface area contributed by atoms with Crippen LogP contribution in [0.3, 0.4) is 0 Å². The van der Waals surface area contributed by atoms with E-state index in [1.165, 1.54) is 11.1 Å². The molecule has 3 aliphatic rings. The highest BCUT2D eigenvalue weighted by Crippen LogP contribution is 2.40. The van der Waals surface area contributed by atoms with Crippen molar-refractivity contribution in [1.82, 2.24) is 15.5 Å². The zero-order valence-corrected chi connectivity index (χ0v) is 23.1. The number of fused-ring (bicyclic) bond motifs is 1. The lowest BCUT2D eigenvalue weighted by Crippen LogP contribution is -2.49. The summed E-state index contributed by atoms with van der Waals surface area (Å²) >= 11 is 0. The first-order valence-electron chi connectivity index (χ1n) is 14.2. The van der Waals surface area contributed by atoms with E-state index in [1.54, 1.807) is 0 Å². The first-order chi connectivity index (χ1) is 17.6. The lowest BCUT2D eigenvalue weighted by atomic mass is 9.71. The zero-order valence-electron chi connectivity index (χ0n) is 23.1. The van der Waals surface area contributed by atoms with Gasteiger partial charge in [0.05, 0.1) is 6.04 Å². The van der Waals surface area contributed by atoms with Gasteiger partial charge in [0.1, 0.15) is 11.6 Å². The zero-order chi connectivity index (χ0) is 26.6. The number of ether oxygens (including phenoxy) is 1. The van der Waals surface area contributed by atoms with Crippen LogP contribution in [0, 0.1) is 11.3 Å². The second-order valence-corrected chi connectivity index (χ2v) is 12.6. The summed E-state index contributed by atoms with van der Waals surface area (Å²) in [5, 5.41) is 6.23. The molecule has 2 fully saturated rings. The van der Waals surface area contributed by atoms with Gasteiger partial charge in [0, 0.05) is 19.5 Å². The van der Waals surface area contributed by atoms with E-state index in [9.17, 15) is 14.4 Å². The quantitative estimate of drug-likeness (QED) is 0.544. The molecular formula is C30H45N3O4. The first kappa shape index (κ1) is 27.5. The molecule has 1 aromatic carbocycles. The van der Waals surface area contributed by atoms with Gasteiger partial charge in [-0.15, -0.1) is 0 Å². The van der Waals surface area contributed by atoms with Gasteiger partial charge in [0.15, 0.2) is 0 Å². The number of nitrogens with one attached hydrogen (secondary N) is 2. The topological polar surface area (TPSA) is 87.7 Å². The number of carbonyl (C=O) groups is 3. The van der Waals surface area contributed by atoms with Crippen molar-refractivity contribution >= 4 is 17.9 Å². The van der Waals surface area contributed by atoms with E-state index >= 15 is 0 Å². The van der Waals surface area contributed by atoms with Gasteiger partial charge >= 0.3 is 6.09 Å². The average Bonchev–Trinajstić information content (AvgIpc) is 3.25. The Balaban J connectivity index is 1.42. The van der Waals surface area contributed by atoms with Gasteiger partial charge in [-0.25, -0.2) is 4.79 Å². The molecule has 1 aliphatic heterocycles. The summed E-state index contributed by atoms with van der Waals surface area (Å²) in [5.74, 6) is 0.269. The number of hydrogen-bond donors (Lipinski definition) is 2. The number of aryl methyl sites for hydroxylation is 1. The fourth-order valence-corrected chi connectivity index (χ4v) is 6.46. The molecule has 2 aliphatic carbocycles. The van der Waals surface area contributed by atoms with Crippen LogP contribution in [0.15, 0.2) is 24.3 Å². The van der Waals surface area contributed by atoms with Gasteiger partial charge in [-0.1, -0.05) is 50.5 Å². The molecule has 3 amide bonds. The number of benzene rings is 1. The molecule has 0 bridgehead atoms. The Morgan fingerprint density at radius 1 is 1.08 bits per heavy atom. The van der Waals surface area contributed by atoms with E-state index in [0.29, 0.717) is 25.9 Å². The molecule has 3 atom stereocenters. The molecule has 204 valence electrons. The molecule has 0 unspecified atom stereocenters. The van der Waals surface area contributed by atoms with Crippen molar-refractivity contribution < 1.29 is 19.1 Å². The number of hydrogen-bond acceptors (Lipinski definition) is 4. The lowest BCUT2D eigenvalue weighted by Gasteiger charge is -2.39. The molecule has 0 spiro atoms. The van der Waals surface area contributed by atoms with Crippen LogP contribution in [0.4, 0.5) is 4.79 Å². The Labute approximate surface area is 222 Å². The van der Waals surface area contributed by atoms with Gasteiger partial charge < -0.3 is 20.3 Å². The fourth-order valence-electron chi connectivity index (χ4n) is 6.46. The van der Waals surface area contributed by atoms with Gasteiger partial charge in [-0.05, 0) is 81.8 Å². The Kier molecular flexibility index (Phi) is 8.49. The number of nitrogens with zero attached hydrogens (tertiary/aromatic N) is 1. The van der Waals surface area contributed by atoms with E-state index in [0.717, 1.165) is 51.4 Å². The van der Waals surface area contributed by atoms with E-state index in [2.05, 4.69) is 35.8 Å². The lowest BCUT2D eigenvalue weighted by molar-refractivity contribution is -0.141. The maximum absolute atomic E-state index is 13.7. The standard InChI is InChI=1S/C30H45N3O4/c1-21-17-25(27(35)32-24-14-10-12-22-11-6-7-13-23(22)24)33(19-21)26(34)18-30(15-8-5-9-16-30)20-31-28(36)37-29(2,3)4/h6-7,11,13,21,24-25H,5,8-10,12,14-20H2,1-4H3,(H,31,36)(H,32,35)/t21-,24+,25-/m0/s1. The van der Waals surface area contributed by atoms with Crippen LogP contribution < -0.4 is 10.6 Å². The van der Waals surface area contributed by atoms with Crippen LogP contribution in [0.1, 0.15) is 103 Å². The normalized spacial score (nSPS) is 25.2. The van der Waals surface area contributed by atoms with Crippen LogP contribution in [-0.2, 0) is 20.7 Å². The summed E-state index contributed by atoms with van der Waals surface area (Å²) in [6, 6.07) is 7.93. The third-order valence-corrected chi connectivity index (χ3v) is 8.27. The Morgan fingerprint density at radius 3 is 2.54 bits per heavy atom. The average molecular weight is 512 g/mol. The number of carbonyl (C=O) groups excluding carboxylic acids is 3. The van der Waals surface area contributed by atoms with Crippen LogP contribution in [0.25, 0.3) is 0 Å². The van der Waals surface area contributed by atoms with E-state index < -0.39 is 17.7 Å². The second-order valence-electron chi connectivity index (χ2n) is 12.6. The van der Waals surface area contributed by atoms with Crippen LogP contribution in [0.2, 0.25) is 0 Å². The molecule has 0 aromatic heterocycles. The summed E-state index contributed by atoms with van der Waals surface area (Å²) in [6.07, 6.45) is 8.67. The molecule has 0 radical (unpaired) electrons. The third kappa shape index (κ3) is 7.05. The van der Waals surface area contributed by atoms with E-state index in [1.807, 2.05) is 31.7 Å². The van der Waals surface area contributed by atoms with E-state index in [4.69, 9.17) is 4.74 Å². The largest absolute Gasteiger partial charge is 0.444 e. The summed E-state index contributed by atoms with van der Waals surface area (Å²) in [5.41, 5.74) is 1.66. The summed E-state index contributed by atoms with van der Waals surface area (Å²) in [4.78, 5) is 41.5. The Hall–Kier alpha value is -2.57. The van der Waals surface area contributed by atoms with Crippen molar-refractivity contribution in [2.24, 2.45) is 11.3 Å². The minimum absolute atomic E-state index is 0.00743. The summed E-state index contributed by atoms with van der Waals surface area (Å²) in [7, 11) is 0. The summed E-state index contributed by atoms with van der Waals surface area (Å²) in [6.45, 7) is 8.68. The minimum Gasteiger partial charge on any atom is -0.444 e. The predicted molar refractivity (Wildman–Crippen MR) is 144 cm³/mol. The second kappa shape index (κ2) is 11.4. The predicted octanol–water partition coefficient (Wildman–Crippen LogP) is 5.28. The highest BCUT2D eigenvalue weighted by Gasteiger charge is 2.42. The van der Waals surface area contributed by atoms with Crippen molar-refractivity contribution in [2.45, 2.75) is 110 Å². The fraction of sp³-hybridized carbons (Fsp3) is 0.700. The molecule has 2 N–H and O–H groups in total. The molecule has 1 saturated carbocycles. The molecule has 1 aromatic rings. The highest BCUT2D eigenvalue weighted by molar-refractivity contribution is 5.89. The van der Waals surface area contributed by atoms with Crippen molar-refractivity contribution in [3.63, 3.8) is 0 Å². The van der Waals surface area contributed by atoms with Crippen LogP contribution >= 0.6 is 0 Å². The van der Waals surface area contributed by atoms with Crippen molar-refractivity contribution in [1.29, 1.82) is 0 Å². The molecule has 4 rings (SSSR count). The molecule has 7 heteroatoms. The van der Waals surface area contributed by atoms with Crippen LogP contribution in [0.5, 0.6) is 0 Å². The Morgan fingerprint density at radius 2 is 1.81 bits per heavy atom. The SMILES string of the molecule is C[C@H]1C[C@@H](C(=O)N[C@@H]2CCCc3ccccc32)N(C(=O)CC2(CNC(=O)OC(C)(C)C)CCCCC2)C1. The van der Waals surface area contributed by atoms with Gasteiger partial charge in [0.25, 0.3) is 0 Å². The number of amides is 3. The number of alkyl carbamates (subject to hydrolysis) is 1. The summed E-state index contributed by atoms with van der Waals surface area (Å²) < 4.78 is 5.44. The van der Waals surface area contributed by atoms with Crippen molar-refractivity contribution in [3.05, 3.63) is 35.4 Å². The molecule has 1 heterocycles. The molecule has 1 saturated heterocycles. The van der Waals surface area contributed by atoms with Gasteiger partial charge in [0.2, 0.25) is 11.8 Å². The molecular weight excluding hydrogens is 466 g/mol. The smallest absolute Gasteiger partial charge is 0.407 e. The van der Waals surface area contributed by atoms with Crippen molar-refractivity contribution in [2.75, 3.05) is 13.1 Å². The monoisotopic (exact) mass is 511 g/mol. The maximum Gasteiger partial charge on any atom is 0.407 e. The third-order valence-electron chi connectivity index (χ3n) is 8.27. The first-order valence-corrected chi connectivity index (χ1v) is 14.2. The molecule has 7 nitrogen and oxygen atoms in total. The Bertz CT molecular complexity index is 979. The number of likely N-dealkylation sites (tertiary alicyclic amines) is 1. The maximum atomic E-state index is 13.7.